The predicted octanol–water partition coefficient (Wildman–Crippen LogP) is 2.83. The molecule has 1 aromatic carbocycles. The average Bonchev–Trinajstić information content (AvgIpc) is 2.82. The maximum atomic E-state index is 9.14. The van der Waals surface area contributed by atoms with Gasteiger partial charge >= 0.3 is 0 Å². The lowest BCUT2D eigenvalue weighted by Gasteiger charge is -2.13. The van der Waals surface area contributed by atoms with Crippen molar-refractivity contribution in [2.45, 2.75) is 20.1 Å². The number of aryl methyl sites for hydroxylation is 1. The van der Waals surface area contributed by atoms with Gasteiger partial charge in [0.1, 0.15) is 18.1 Å². The fourth-order valence-corrected chi connectivity index (χ4v) is 2.24. The van der Waals surface area contributed by atoms with Crippen LogP contribution >= 0.6 is 15.9 Å². The smallest absolute Gasteiger partial charge is 0.175 e. The molecule has 0 spiro atoms. The zero-order valence-corrected chi connectivity index (χ0v) is 12.2. The van der Waals surface area contributed by atoms with Crippen molar-refractivity contribution >= 4 is 15.9 Å². The molecule has 2 rings (SSSR count). The Bertz CT molecular complexity index is 568. The van der Waals surface area contributed by atoms with E-state index in [1.807, 2.05) is 13.0 Å². The van der Waals surface area contributed by atoms with Crippen LogP contribution in [0.4, 0.5) is 0 Å². The van der Waals surface area contributed by atoms with E-state index < -0.39 is 0 Å². The Kier molecular flexibility index (Phi) is 4.44. The maximum absolute atomic E-state index is 9.14. The lowest BCUT2D eigenvalue weighted by molar-refractivity contribution is 0.265. The fourth-order valence-electron chi connectivity index (χ4n) is 1.64. The van der Waals surface area contributed by atoms with E-state index in [9.17, 15) is 0 Å². The molecule has 5 nitrogen and oxygen atoms in total. The molecule has 102 valence electrons. The molecular weight excluding hydrogens is 314 g/mol. The summed E-state index contributed by atoms with van der Waals surface area (Å²) in [4.78, 5) is 0. The molecule has 0 fully saturated rings. The summed E-state index contributed by atoms with van der Waals surface area (Å²) in [6, 6.07) is 5.32. The number of ether oxygens (including phenoxy) is 2. The highest BCUT2D eigenvalue weighted by molar-refractivity contribution is 9.10. The van der Waals surface area contributed by atoms with Crippen LogP contribution in [0.5, 0.6) is 11.5 Å². The topological polar surface area (TPSA) is 64.7 Å². The lowest BCUT2D eigenvalue weighted by atomic mass is 10.2. The van der Waals surface area contributed by atoms with Gasteiger partial charge in [0.2, 0.25) is 0 Å². The first-order valence-corrected chi connectivity index (χ1v) is 6.45. The third-order valence-electron chi connectivity index (χ3n) is 2.51. The van der Waals surface area contributed by atoms with Crippen LogP contribution in [0.2, 0.25) is 0 Å². The Morgan fingerprint density at radius 3 is 2.74 bits per heavy atom. The largest absolute Gasteiger partial charge is 0.493 e. The number of nitrogens with zero attached hydrogens (tertiary/aromatic N) is 1. The number of aliphatic hydroxyl groups excluding tert-OH is 1. The number of hydrogen-bond donors (Lipinski definition) is 1. The van der Waals surface area contributed by atoms with E-state index in [4.69, 9.17) is 19.1 Å². The monoisotopic (exact) mass is 327 g/mol. The van der Waals surface area contributed by atoms with Gasteiger partial charge in [0.25, 0.3) is 0 Å². The average molecular weight is 328 g/mol. The van der Waals surface area contributed by atoms with Crippen molar-refractivity contribution in [1.29, 1.82) is 0 Å². The Labute approximate surface area is 119 Å². The highest BCUT2D eigenvalue weighted by Gasteiger charge is 2.12. The van der Waals surface area contributed by atoms with Gasteiger partial charge in [0.05, 0.1) is 18.2 Å². The molecule has 6 heteroatoms. The Morgan fingerprint density at radius 2 is 2.16 bits per heavy atom. The van der Waals surface area contributed by atoms with Crippen LogP contribution in [-0.4, -0.2) is 17.4 Å². The number of aromatic nitrogens is 1. The molecule has 0 aliphatic rings. The van der Waals surface area contributed by atoms with Crippen molar-refractivity contribution in [2.75, 3.05) is 7.11 Å². The van der Waals surface area contributed by atoms with Gasteiger partial charge in [-0.25, -0.2) is 0 Å². The summed E-state index contributed by atoms with van der Waals surface area (Å²) in [7, 11) is 1.55. The molecule has 1 aromatic heterocycles. The van der Waals surface area contributed by atoms with Gasteiger partial charge < -0.3 is 19.1 Å². The SMILES string of the molecule is COc1cc(CO)cc(Br)c1OCc1cc(C)on1. The summed E-state index contributed by atoms with van der Waals surface area (Å²) in [5.41, 5.74) is 1.45. The number of methoxy groups -OCH3 is 1. The third-order valence-corrected chi connectivity index (χ3v) is 3.10. The summed E-state index contributed by atoms with van der Waals surface area (Å²) in [5, 5.41) is 13.0. The Hall–Kier alpha value is -1.53. The first kappa shape index (κ1) is 13.9. The highest BCUT2D eigenvalue weighted by Crippen LogP contribution is 2.37. The van der Waals surface area contributed by atoms with Gasteiger partial charge in [-0.05, 0) is 40.5 Å². The summed E-state index contributed by atoms with van der Waals surface area (Å²) in [6.07, 6.45) is 0. The van der Waals surface area contributed by atoms with Gasteiger partial charge in [-0.2, -0.15) is 0 Å². The molecule has 0 atom stereocenters. The maximum Gasteiger partial charge on any atom is 0.175 e. The predicted molar refractivity (Wildman–Crippen MR) is 72.2 cm³/mol. The van der Waals surface area contributed by atoms with E-state index >= 15 is 0 Å². The first-order chi connectivity index (χ1) is 9.13. The van der Waals surface area contributed by atoms with Crippen molar-refractivity contribution in [3.63, 3.8) is 0 Å². The van der Waals surface area contributed by atoms with Crippen LogP contribution in [0.25, 0.3) is 0 Å². The number of hydrogen-bond acceptors (Lipinski definition) is 5. The lowest BCUT2D eigenvalue weighted by Crippen LogP contribution is -2.00. The third kappa shape index (κ3) is 3.27. The summed E-state index contributed by atoms with van der Waals surface area (Å²) in [6.45, 7) is 2.05. The normalized spacial score (nSPS) is 10.5. The molecule has 0 saturated carbocycles. The minimum atomic E-state index is -0.0578. The zero-order chi connectivity index (χ0) is 13.8. The summed E-state index contributed by atoms with van der Waals surface area (Å²) >= 11 is 3.40. The van der Waals surface area contributed by atoms with E-state index in [2.05, 4.69) is 21.1 Å². The van der Waals surface area contributed by atoms with Crippen LogP contribution < -0.4 is 9.47 Å². The molecular formula is C13H14BrNO4. The summed E-state index contributed by atoms with van der Waals surface area (Å²) < 4.78 is 16.6. The van der Waals surface area contributed by atoms with Crippen molar-refractivity contribution in [2.24, 2.45) is 0 Å². The molecule has 0 saturated heterocycles. The molecule has 19 heavy (non-hydrogen) atoms. The second kappa shape index (κ2) is 6.08. The minimum Gasteiger partial charge on any atom is -0.493 e. The van der Waals surface area contributed by atoms with Crippen molar-refractivity contribution in [3.8, 4) is 11.5 Å². The molecule has 0 unspecified atom stereocenters. The standard InChI is InChI=1S/C13H14BrNO4/c1-8-3-10(15-19-8)7-18-13-11(14)4-9(6-16)5-12(13)17-2/h3-5,16H,6-7H2,1-2H3. The van der Waals surface area contributed by atoms with Crippen LogP contribution in [0, 0.1) is 6.92 Å². The minimum absolute atomic E-state index is 0.0578. The molecule has 0 aliphatic carbocycles. The van der Waals surface area contributed by atoms with E-state index in [-0.39, 0.29) is 13.2 Å². The zero-order valence-electron chi connectivity index (χ0n) is 10.6. The van der Waals surface area contributed by atoms with Crippen LogP contribution in [-0.2, 0) is 13.2 Å². The van der Waals surface area contributed by atoms with Crippen LogP contribution in [0.1, 0.15) is 17.0 Å². The van der Waals surface area contributed by atoms with Gasteiger partial charge in [-0.3, -0.25) is 0 Å². The number of aliphatic hydroxyl groups is 1. The Balaban J connectivity index is 2.19. The van der Waals surface area contributed by atoms with Gasteiger partial charge in [0, 0.05) is 6.07 Å². The number of halogens is 1. The molecule has 0 amide bonds. The summed E-state index contributed by atoms with van der Waals surface area (Å²) in [5.74, 6) is 1.86. The quantitative estimate of drug-likeness (QED) is 0.914. The van der Waals surface area contributed by atoms with Crippen LogP contribution in [0.15, 0.2) is 27.2 Å². The van der Waals surface area contributed by atoms with Crippen molar-refractivity contribution in [3.05, 3.63) is 39.7 Å². The van der Waals surface area contributed by atoms with Crippen molar-refractivity contribution < 1.29 is 19.1 Å². The second-order valence-electron chi connectivity index (χ2n) is 3.98. The van der Waals surface area contributed by atoms with E-state index in [1.54, 1.807) is 19.2 Å². The number of benzene rings is 1. The molecule has 0 aliphatic heterocycles. The van der Waals surface area contributed by atoms with E-state index in [1.165, 1.54) is 0 Å². The molecule has 2 aromatic rings. The first-order valence-electron chi connectivity index (χ1n) is 5.66. The number of rotatable bonds is 5. The molecule has 1 N–H and O–H groups in total. The Morgan fingerprint density at radius 1 is 1.37 bits per heavy atom. The molecule has 0 bridgehead atoms. The van der Waals surface area contributed by atoms with E-state index in [0.29, 0.717) is 17.2 Å². The van der Waals surface area contributed by atoms with Gasteiger partial charge in [-0.15, -0.1) is 0 Å². The van der Waals surface area contributed by atoms with Crippen molar-refractivity contribution in [1.82, 2.24) is 5.16 Å². The van der Waals surface area contributed by atoms with Gasteiger partial charge in [0.15, 0.2) is 11.5 Å². The fraction of sp³-hybridized carbons (Fsp3) is 0.308. The van der Waals surface area contributed by atoms with E-state index in [0.717, 1.165) is 15.8 Å². The molecule has 1 heterocycles. The highest BCUT2D eigenvalue weighted by atomic mass is 79.9. The second-order valence-corrected chi connectivity index (χ2v) is 4.84. The molecule has 0 radical (unpaired) electrons. The van der Waals surface area contributed by atoms with Gasteiger partial charge in [-0.1, -0.05) is 5.16 Å². The van der Waals surface area contributed by atoms with Crippen LogP contribution in [0.3, 0.4) is 0 Å².